The first-order chi connectivity index (χ1) is 16.8. The largest absolute Gasteiger partial charge is 0.391 e. The Morgan fingerprint density at radius 3 is 2.57 bits per heavy atom. The van der Waals surface area contributed by atoms with Crippen molar-refractivity contribution in [1.29, 1.82) is 0 Å². The maximum atomic E-state index is 13.8. The van der Waals surface area contributed by atoms with Crippen molar-refractivity contribution < 1.29 is 9.90 Å². The zero-order valence-electron chi connectivity index (χ0n) is 20.3. The zero-order valence-corrected chi connectivity index (χ0v) is 20.3. The minimum atomic E-state index is -0.575. The van der Waals surface area contributed by atoms with Crippen molar-refractivity contribution in [2.24, 2.45) is 13.0 Å². The zero-order chi connectivity index (χ0) is 24.9. The third kappa shape index (κ3) is 3.97. The van der Waals surface area contributed by atoms with Gasteiger partial charge in [-0.25, -0.2) is 4.79 Å². The third-order valence-corrected chi connectivity index (χ3v) is 6.81. The van der Waals surface area contributed by atoms with Crippen LogP contribution >= 0.6 is 0 Å². The van der Waals surface area contributed by atoms with Crippen LogP contribution in [0, 0.1) is 5.92 Å². The summed E-state index contributed by atoms with van der Waals surface area (Å²) in [5.41, 5.74) is 0.864. The van der Waals surface area contributed by atoms with Gasteiger partial charge in [0.1, 0.15) is 5.69 Å². The second-order valence-corrected chi connectivity index (χ2v) is 9.85. The number of fused-ring (bicyclic) bond motifs is 2. The Bertz CT molecular complexity index is 1550. The van der Waals surface area contributed by atoms with E-state index >= 15 is 0 Å². The van der Waals surface area contributed by atoms with Gasteiger partial charge in [-0.15, -0.1) is 0 Å². The van der Waals surface area contributed by atoms with Crippen LogP contribution in [-0.2, 0) is 20.1 Å². The lowest BCUT2D eigenvalue weighted by molar-refractivity contribution is 0.0757. The summed E-state index contributed by atoms with van der Waals surface area (Å²) in [5, 5.41) is 12.5. The second kappa shape index (κ2) is 8.85. The molecule has 1 atom stereocenters. The lowest BCUT2D eigenvalue weighted by atomic mass is 10.0. The van der Waals surface area contributed by atoms with Crippen LogP contribution in [0.15, 0.2) is 58.3 Å². The second-order valence-electron chi connectivity index (χ2n) is 9.85. The summed E-state index contributed by atoms with van der Waals surface area (Å²) in [7, 11) is 1.46. The number of amides is 1. The van der Waals surface area contributed by atoms with Gasteiger partial charge in [0.15, 0.2) is 0 Å². The van der Waals surface area contributed by atoms with Gasteiger partial charge in [0.05, 0.1) is 17.0 Å². The maximum absolute atomic E-state index is 13.8. The Kier molecular flexibility index (Phi) is 5.84. The Hall–Kier alpha value is -3.65. The van der Waals surface area contributed by atoms with E-state index in [0.29, 0.717) is 31.6 Å². The molecule has 1 amide bonds. The molecule has 1 N–H and O–H groups in total. The molecule has 0 spiro atoms. The topological polar surface area (TPSA) is 89.5 Å². The van der Waals surface area contributed by atoms with Crippen molar-refractivity contribution >= 4 is 27.6 Å². The highest BCUT2D eigenvalue weighted by Gasteiger charge is 2.31. The van der Waals surface area contributed by atoms with Crippen molar-refractivity contribution in [3.05, 3.63) is 80.8 Å². The van der Waals surface area contributed by atoms with Gasteiger partial charge in [-0.05, 0) is 28.7 Å². The third-order valence-electron chi connectivity index (χ3n) is 6.81. The molecule has 0 radical (unpaired) electrons. The average Bonchev–Trinajstić information content (AvgIpc) is 3.44. The molecule has 1 aliphatic heterocycles. The number of aliphatic hydroxyl groups is 1. The quantitative estimate of drug-likeness (QED) is 0.482. The summed E-state index contributed by atoms with van der Waals surface area (Å²) in [5.74, 6) is -0.133. The summed E-state index contributed by atoms with van der Waals surface area (Å²) in [6.07, 6.45) is 1.69. The molecule has 35 heavy (non-hydrogen) atoms. The van der Waals surface area contributed by atoms with Crippen molar-refractivity contribution in [1.82, 2.24) is 18.6 Å². The molecule has 1 saturated heterocycles. The fraction of sp³-hybridized carbons (Fsp3) is 0.370. The first-order valence-electron chi connectivity index (χ1n) is 12.0. The summed E-state index contributed by atoms with van der Waals surface area (Å²) in [6, 6.07) is 14.1. The van der Waals surface area contributed by atoms with E-state index in [2.05, 4.69) is 0 Å². The lowest BCUT2D eigenvalue weighted by Gasteiger charge is -2.18. The highest BCUT2D eigenvalue weighted by atomic mass is 16.3. The molecule has 8 heteroatoms. The minimum absolute atomic E-state index is 0.169. The van der Waals surface area contributed by atoms with Gasteiger partial charge in [-0.2, -0.15) is 0 Å². The molecule has 0 saturated carbocycles. The van der Waals surface area contributed by atoms with Gasteiger partial charge in [0.25, 0.3) is 11.5 Å². The number of hydrogen-bond acceptors (Lipinski definition) is 4. The van der Waals surface area contributed by atoms with Crippen LogP contribution in [0.4, 0.5) is 0 Å². The first-order valence-corrected chi connectivity index (χ1v) is 12.0. The van der Waals surface area contributed by atoms with E-state index in [1.54, 1.807) is 20.2 Å². The highest BCUT2D eigenvalue weighted by Crippen LogP contribution is 2.25. The Morgan fingerprint density at radius 2 is 1.86 bits per heavy atom. The first kappa shape index (κ1) is 23.1. The van der Waals surface area contributed by atoms with Crippen LogP contribution in [-0.4, -0.2) is 48.8 Å². The molecular weight excluding hydrogens is 444 g/mol. The number of hydrogen-bond donors (Lipinski definition) is 1. The summed E-state index contributed by atoms with van der Waals surface area (Å²) >= 11 is 0. The van der Waals surface area contributed by atoms with E-state index in [1.807, 2.05) is 56.3 Å². The van der Waals surface area contributed by atoms with Crippen LogP contribution in [0.25, 0.3) is 21.7 Å². The van der Waals surface area contributed by atoms with Crippen LogP contribution in [0.1, 0.15) is 36.3 Å². The standard InChI is InChI=1S/C27H30N4O4/c1-17(2)13-31-22-16-30(14-19-9-6-8-18-7-4-5-10-21(18)19)24(23(22)25(33)28(3)27(31)35)26(34)29-12-11-20(32)15-29/h4-10,16-17,20,32H,11-15H2,1-3H3/t20-/m1/s1. The molecule has 1 aliphatic rings. The predicted molar refractivity (Wildman–Crippen MR) is 136 cm³/mol. The number of carbonyl (C=O) groups excluding carboxylic acids is 1. The molecular formula is C27H30N4O4. The molecule has 2 aromatic heterocycles. The molecule has 0 bridgehead atoms. The van der Waals surface area contributed by atoms with Gasteiger partial charge in [-0.1, -0.05) is 56.3 Å². The van der Waals surface area contributed by atoms with Crippen molar-refractivity contribution in [3.8, 4) is 0 Å². The molecule has 8 nitrogen and oxygen atoms in total. The number of rotatable bonds is 5. The van der Waals surface area contributed by atoms with Crippen LogP contribution < -0.4 is 11.2 Å². The molecule has 4 aromatic rings. The van der Waals surface area contributed by atoms with Gasteiger partial charge < -0.3 is 14.6 Å². The number of nitrogens with zero attached hydrogens (tertiary/aromatic N) is 4. The van der Waals surface area contributed by atoms with Crippen LogP contribution in [0.3, 0.4) is 0 Å². The van der Waals surface area contributed by atoms with Gasteiger partial charge in [0.2, 0.25) is 0 Å². The van der Waals surface area contributed by atoms with Gasteiger partial charge in [-0.3, -0.25) is 18.7 Å². The highest BCUT2D eigenvalue weighted by molar-refractivity contribution is 6.05. The molecule has 5 rings (SSSR count). The van der Waals surface area contributed by atoms with Crippen LogP contribution in [0.5, 0.6) is 0 Å². The smallest absolute Gasteiger partial charge is 0.331 e. The lowest BCUT2D eigenvalue weighted by Crippen LogP contribution is -2.39. The Balaban J connectivity index is 1.77. The molecule has 0 aliphatic carbocycles. The summed E-state index contributed by atoms with van der Waals surface area (Å²) in [4.78, 5) is 41.8. The number of benzene rings is 2. The van der Waals surface area contributed by atoms with Crippen molar-refractivity contribution in [2.45, 2.75) is 39.5 Å². The molecule has 3 heterocycles. The van der Waals surface area contributed by atoms with E-state index < -0.39 is 17.4 Å². The molecule has 182 valence electrons. The fourth-order valence-electron chi connectivity index (χ4n) is 5.08. The van der Waals surface area contributed by atoms with E-state index in [4.69, 9.17) is 0 Å². The monoisotopic (exact) mass is 474 g/mol. The minimum Gasteiger partial charge on any atom is -0.391 e. The number of carbonyl (C=O) groups is 1. The molecule has 2 aromatic carbocycles. The van der Waals surface area contributed by atoms with Gasteiger partial charge in [0, 0.05) is 39.4 Å². The van der Waals surface area contributed by atoms with E-state index in [9.17, 15) is 19.5 Å². The van der Waals surface area contributed by atoms with Crippen LogP contribution in [0.2, 0.25) is 0 Å². The number of β-amino-alcohol motifs (C(OH)–C–C–N with tert-alkyl or cyclic N) is 1. The van der Waals surface area contributed by atoms with Crippen molar-refractivity contribution in [3.63, 3.8) is 0 Å². The molecule has 1 fully saturated rings. The van der Waals surface area contributed by atoms with Gasteiger partial charge >= 0.3 is 5.69 Å². The number of aromatic nitrogens is 3. The number of likely N-dealkylation sites (tertiary alicyclic amines) is 1. The summed E-state index contributed by atoms with van der Waals surface area (Å²) < 4.78 is 4.48. The van der Waals surface area contributed by atoms with E-state index in [1.165, 1.54) is 7.05 Å². The molecule has 0 unspecified atom stereocenters. The summed E-state index contributed by atoms with van der Waals surface area (Å²) in [6.45, 7) is 5.46. The SMILES string of the molecule is CC(C)Cn1c(=O)n(C)c(=O)c2c(C(=O)N3CC[C@@H](O)C3)n(Cc3cccc4ccccc34)cc21. The normalized spacial score (nSPS) is 16.1. The number of aliphatic hydroxyl groups excluding tert-OH is 1. The predicted octanol–water partition coefficient (Wildman–Crippen LogP) is 2.57. The van der Waals surface area contributed by atoms with E-state index in [-0.39, 0.29) is 29.4 Å². The fourth-order valence-corrected chi connectivity index (χ4v) is 5.08. The average molecular weight is 475 g/mol. The van der Waals surface area contributed by atoms with E-state index in [0.717, 1.165) is 20.9 Å². The Morgan fingerprint density at radius 1 is 1.11 bits per heavy atom. The Labute approximate surface area is 202 Å². The van der Waals surface area contributed by atoms with Crippen molar-refractivity contribution in [2.75, 3.05) is 13.1 Å². The maximum Gasteiger partial charge on any atom is 0.331 e.